The number of hydrogen-bond donors (Lipinski definition) is 2. The zero-order valence-corrected chi connectivity index (χ0v) is 9.61. The van der Waals surface area contributed by atoms with Crippen molar-refractivity contribution in [2.75, 3.05) is 0 Å². The molecule has 0 spiro atoms. The van der Waals surface area contributed by atoms with E-state index >= 15 is 0 Å². The highest BCUT2D eigenvalue weighted by atomic mass is 19.1. The zero-order valence-electron chi connectivity index (χ0n) is 9.61. The van der Waals surface area contributed by atoms with E-state index in [-0.39, 0.29) is 24.0 Å². The van der Waals surface area contributed by atoms with Gasteiger partial charge in [0.2, 0.25) is 0 Å². The number of carboxylic acid groups (broad SMARTS) is 1. The molecule has 0 radical (unpaired) electrons. The Morgan fingerprint density at radius 2 is 2.18 bits per heavy atom. The SMILES string of the molecule is Cc1cc(F)c(C(CC(=O)O)C2CC2)cc1O. The highest BCUT2D eigenvalue weighted by Gasteiger charge is 2.35. The molecule has 0 aromatic heterocycles. The van der Waals surface area contributed by atoms with E-state index in [0.717, 1.165) is 12.8 Å². The number of aromatic hydroxyl groups is 1. The van der Waals surface area contributed by atoms with Crippen molar-refractivity contribution in [3.05, 3.63) is 29.1 Å². The van der Waals surface area contributed by atoms with Crippen molar-refractivity contribution in [2.24, 2.45) is 5.92 Å². The Bertz CT molecular complexity index is 452. The van der Waals surface area contributed by atoms with Crippen LogP contribution in [0.25, 0.3) is 0 Å². The molecule has 2 rings (SSSR count). The molecule has 1 fully saturated rings. The lowest BCUT2D eigenvalue weighted by Gasteiger charge is -2.16. The molecule has 1 aromatic carbocycles. The summed E-state index contributed by atoms with van der Waals surface area (Å²) in [6, 6.07) is 2.64. The van der Waals surface area contributed by atoms with E-state index in [1.165, 1.54) is 12.1 Å². The lowest BCUT2D eigenvalue weighted by atomic mass is 9.89. The number of benzene rings is 1. The maximum absolute atomic E-state index is 13.8. The van der Waals surface area contributed by atoms with Gasteiger partial charge in [-0.25, -0.2) is 4.39 Å². The largest absolute Gasteiger partial charge is 0.508 e. The standard InChI is InChI=1S/C13H15FO3/c1-7-4-11(14)10(5-12(7)15)9(6-13(16)17)8-2-3-8/h4-5,8-9,15H,2-3,6H2,1H3,(H,16,17). The molecule has 1 aromatic rings. The van der Waals surface area contributed by atoms with Gasteiger partial charge in [0.1, 0.15) is 11.6 Å². The molecule has 92 valence electrons. The molecule has 3 nitrogen and oxygen atoms in total. The van der Waals surface area contributed by atoms with Gasteiger partial charge in [-0.1, -0.05) is 0 Å². The molecule has 1 saturated carbocycles. The summed E-state index contributed by atoms with van der Waals surface area (Å²) in [7, 11) is 0. The first-order valence-electron chi connectivity index (χ1n) is 5.70. The number of hydrogen-bond acceptors (Lipinski definition) is 2. The van der Waals surface area contributed by atoms with E-state index in [1.807, 2.05) is 0 Å². The van der Waals surface area contributed by atoms with E-state index in [2.05, 4.69) is 0 Å². The molecule has 0 amide bonds. The summed E-state index contributed by atoms with van der Waals surface area (Å²) in [5.74, 6) is -1.40. The van der Waals surface area contributed by atoms with E-state index < -0.39 is 11.8 Å². The van der Waals surface area contributed by atoms with Gasteiger partial charge in [-0.05, 0) is 48.9 Å². The predicted octanol–water partition coefficient (Wildman–Crippen LogP) is 2.81. The number of phenolic OH excluding ortho intramolecular Hbond substituents is 1. The van der Waals surface area contributed by atoms with Crippen molar-refractivity contribution in [2.45, 2.75) is 32.1 Å². The minimum atomic E-state index is -0.929. The van der Waals surface area contributed by atoms with Crippen LogP contribution in [0.4, 0.5) is 4.39 Å². The average Bonchev–Trinajstić information content (AvgIpc) is 3.04. The van der Waals surface area contributed by atoms with Gasteiger partial charge in [0.25, 0.3) is 0 Å². The average molecular weight is 238 g/mol. The van der Waals surface area contributed by atoms with Crippen LogP contribution in [0.15, 0.2) is 12.1 Å². The van der Waals surface area contributed by atoms with Crippen molar-refractivity contribution in [1.82, 2.24) is 0 Å². The predicted molar refractivity (Wildman–Crippen MR) is 60.5 cm³/mol. The highest BCUT2D eigenvalue weighted by molar-refractivity contribution is 5.68. The molecule has 1 aliphatic rings. The topological polar surface area (TPSA) is 57.5 Å². The fourth-order valence-corrected chi connectivity index (χ4v) is 2.18. The molecular weight excluding hydrogens is 223 g/mol. The second-order valence-corrected chi connectivity index (χ2v) is 4.70. The maximum atomic E-state index is 13.8. The van der Waals surface area contributed by atoms with E-state index in [1.54, 1.807) is 6.92 Å². The van der Waals surface area contributed by atoms with Gasteiger partial charge in [-0.15, -0.1) is 0 Å². The Balaban J connectivity index is 2.35. The second-order valence-electron chi connectivity index (χ2n) is 4.70. The van der Waals surface area contributed by atoms with Crippen LogP contribution < -0.4 is 0 Å². The summed E-state index contributed by atoms with van der Waals surface area (Å²) in [6.45, 7) is 1.62. The first kappa shape index (κ1) is 11.9. The van der Waals surface area contributed by atoms with Gasteiger partial charge >= 0.3 is 5.97 Å². The molecule has 0 saturated heterocycles. The van der Waals surface area contributed by atoms with Crippen LogP contribution in [-0.2, 0) is 4.79 Å². The number of aryl methyl sites for hydroxylation is 1. The minimum Gasteiger partial charge on any atom is -0.508 e. The number of carboxylic acids is 1. The number of halogens is 1. The summed E-state index contributed by atoms with van der Waals surface area (Å²) in [4.78, 5) is 10.8. The van der Waals surface area contributed by atoms with Crippen LogP contribution in [0, 0.1) is 18.7 Å². The molecule has 2 N–H and O–H groups in total. The van der Waals surface area contributed by atoms with Crippen LogP contribution in [0.3, 0.4) is 0 Å². The number of phenols is 1. The van der Waals surface area contributed by atoms with Crippen LogP contribution in [0.1, 0.15) is 36.3 Å². The van der Waals surface area contributed by atoms with Crippen molar-refractivity contribution in [3.8, 4) is 5.75 Å². The van der Waals surface area contributed by atoms with E-state index in [9.17, 15) is 14.3 Å². The first-order valence-corrected chi connectivity index (χ1v) is 5.70. The van der Waals surface area contributed by atoms with Gasteiger partial charge in [0.05, 0.1) is 6.42 Å². The van der Waals surface area contributed by atoms with Crippen molar-refractivity contribution >= 4 is 5.97 Å². The summed E-state index contributed by atoms with van der Waals surface area (Å²) in [5, 5.41) is 18.4. The maximum Gasteiger partial charge on any atom is 0.303 e. The summed E-state index contributed by atoms with van der Waals surface area (Å²) >= 11 is 0. The fraction of sp³-hybridized carbons (Fsp3) is 0.462. The Hall–Kier alpha value is -1.58. The van der Waals surface area contributed by atoms with Crippen LogP contribution in [0.5, 0.6) is 5.75 Å². The van der Waals surface area contributed by atoms with Crippen molar-refractivity contribution in [1.29, 1.82) is 0 Å². The summed E-state index contributed by atoms with van der Waals surface area (Å²) in [6.07, 6.45) is 1.79. The van der Waals surface area contributed by atoms with Gasteiger partial charge in [-0.2, -0.15) is 0 Å². The normalized spacial score (nSPS) is 16.8. The minimum absolute atomic E-state index is 0.0254. The lowest BCUT2D eigenvalue weighted by molar-refractivity contribution is -0.137. The zero-order chi connectivity index (χ0) is 12.6. The van der Waals surface area contributed by atoms with Gasteiger partial charge in [0.15, 0.2) is 0 Å². The molecule has 17 heavy (non-hydrogen) atoms. The Morgan fingerprint density at radius 1 is 1.53 bits per heavy atom. The molecule has 0 aliphatic heterocycles. The van der Waals surface area contributed by atoms with Crippen molar-refractivity contribution < 1.29 is 19.4 Å². The Kier molecular flexibility index (Phi) is 3.05. The van der Waals surface area contributed by atoms with Gasteiger partial charge in [-0.3, -0.25) is 4.79 Å². The van der Waals surface area contributed by atoms with Gasteiger partial charge < -0.3 is 10.2 Å². The van der Waals surface area contributed by atoms with E-state index in [0.29, 0.717) is 11.1 Å². The van der Waals surface area contributed by atoms with E-state index in [4.69, 9.17) is 5.11 Å². The quantitative estimate of drug-likeness (QED) is 0.848. The van der Waals surface area contributed by atoms with Crippen LogP contribution in [0.2, 0.25) is 0 Å². The number of rotatable bonds is 4. The lowest BCUT2D eigenvalue weighted by Crippen LogP contribution is -2.10. The number of carbonyl (C=O) groups is 1. The Labute approximate surface area is 98.9 Å². The molecule has 1 aliphatic carbocycles. The molecule has 1 unspecified atom stereocenters. The molecular formula is C13H15FO3. The molecule has 1 atom stereocenters. The summed E-state index contributed by atoms with van der Waals surface area (Å²) < 4.78 is 13.8. The van der Waals surface area contributed by atoms with Crippen molar-refractivity contribution in [3.63, 3.8) is 0 Å². The number of aliphatic carboxylic acids is 1. The molecule has 0 heterocycles. The summed E-state index contributed by atoms with van der Waals surface area (Å²) in [5.41, 5.74) is 0.800. The van der Waals surface area contributed by atoms with Crippen LogP contribution >= 0.6 is 0 Å². The second kappa shape index (κ2) is 4.35. The smallest absolute Gasteiger partial charge is 0.303 e. The fourth-order valence-electron chi connectivity index (χ4n) is 2.18. The highest BCUT2D eigenvalue weighted by Crippen LogP contribution is 2.46. The third-order valence-corrected chi connectivity index (χ3v) is 3.30. The van der Waals surface area contributed by atoms with Crippen LogP contribution in [-0.4, -0.2) is 16.2 Å². The third-order valence-electron chi connectivity index (χ3n) is 3.30. The third kappa shape index (κ3) is 2.57. The monoisotopic (exact) mass is 238 g/mol. The van der Waals surface area contributed by atoms with Gasteiger partial charge in [0, 0.05) is 5.92 Å². The molecule has 4 heteroatoms. The molecule has 0 bridgehead atoms. The first-order chi connectivity index (χ1) is 7.99. The Morgan fingerprint density at radius 3 is 2.71 bits per heavy atom.